The van der Waals surface area contributed by atoms with Crippen LogP contribution >= 0.6 is 0 Å². The maximum Gasteiger partial charge on any atom is 0.261 e. The van der Waals surface area contributed by atoms with Gasteiger partial charge in [-0.05, 0) is 56.5 Å². The fraction of sp³-hybridized carbons (Fsp3) is 0.500. The number of carbonyl (C=O) groups excluding carboxylic acids is 1. The van der Waals surface area contributed by atoms with Crippen molar-refractivity contribution >= 4 is 15.9 Å². The van der Waals surface area contributed by atoms with E-state index in [0.717, 1.165) is 5.56 Å². The van der Waals surface area contributed by atoms with Crippen molar-refractivity contribution in [2.75, 3.05) is 13.1 Å². The number of nitrogens with one attached hydrogen (secondary N) is 3. The van der Waals surface area contributed by atoms with Crippen LogP contribution in [0.25, 0.3) is 0 Å². The van der Waals surface area contributed by atoms with Crippen molar-refractivity contribution in [2.24, 2.45) is 5.92 Å². The zero-order valence-electron chi connectivity index (χ0n) is 12.4. The molecule has 1 fully saturated rings. The van der Waals surface area contributed by atoms with Crippen molar-refractivity contribution in [1.29, 1.82) is 0 Å². The lowest BCUT2D eigenvalue weighted by molar-refractivity contribution is -0.132. The minimum Gasteiger partial charge on any atom is -0.317 e. The molecule has 0 bridgehead atoms. The Kier molecular flexibility index (Phi) is 5.52. The monoisotopic (exact) mass is 327 g/mol. The first-order valence-corrected chi connectivity index (χ1v) is 8.66. The number of aryl methyl sites for hydroxylation is 1. The lowest BCUT2D eigenvalue weighted by atomic mass is 9.90. The van der Waals surface area contributed by atoms with Gasteiger partial charge in [-0.25, -0.2) is 13.9 Å². The van der Waals surface area contributed by atoms with Gasteiger partial charge in [-0.1, -0.05) is 12.1 Å². The largest absolute Gasteiger partial charge is 0.317 e. The van der Waals surface area contributed by atoms with Crippen LogP contribution in [-0.2, 0) is 14.8 Å². The zero-order valence-corrected chi connectivity index (χ0v) is 13.2. The van der Waals surface area contributed by atoms with Gasteiger partial charge in [0.15, 0.2) is 0 Å². The lowest BCUT2D eigenvalue weighted by Crippen LogP contribution is -2.52. The minimum absolute atomic E-state index is 0.108. The smallest absolute Gasteiger partial charge is 0.261 e. The molecular weight excluding hydrogens is 306 g/mol. The van der Waals surface area contributed by atoms with Crippen molar-refractivity contribution in [3.63, 3.8) is 0 Å². The number of benzene rings is 1. The van der Waals surface area contributed by atoms with Crippen LogP contribution in [0.1, 0.15) is 18.4 Å². The predicted octanol–water partition coefficient (Wildman–Crippen LogP) is 0.147. The van der Waals surface area contributed by atoms with E-state index >= 15 is 0 Å². The van der Waals surface area contributed by atoms with Crippen LogP contribution < -0.4 is 15.5 Å². The van der Waals surface area contributed by atoms with E-state index in [0.29, 0.717) is 25.9 Å². The van der Waals surface area contributed by atoms with Crippen LogP contribution in [0.15, 0.2) is 29.2 Å². The summed E-state index contributed by atoms with van der Waals surface area (Å²) in [5.74, 6) is -0.892. The van der Waals surface area contributed by atoms with Crippen LogP contribution in [0.2, 0.25) is 0 Å². The topological polar surface area (TPSA) is 108 Å². The van der Waals surface area contributed by atoms with Gasteiger partial charge in [-0.3, -0.25) is 10.0 Å². The van der Waals surface area contributed by atoms with E-state index in [4.69, 9.17) is 5.21 Å². The molecule has 0 aromatic heterocycles. The molecule has 0 radical (unpaired) electrons. The van der Waals surface area contributed by atoms with Gasteiger partial charge in [0.1, 0.15) is 6.04 Å². The molecule has 122 valence electrons. The number of amides is 1. The molecule has 1 heterocycles. The van der Waals surface area contributed by atoms with Gasteiger partial charge in [-0.15, -0.1) is 0 Å². The van der Waals surface area contributed by atoms with Crippen LogP contribution in [0.4, 0.5) is 0 Å². The SMILES string of the molecule is Cc1cccc(S(=O)(=O)NC(C(=O)NO)C2CCNCC2)c1. The molecule has 1 aliphatic heterocycles. The van der Waals surface area contributed by atoms with Gasteiger partial charge >= 0.3 is 0 Å². The molecule has 1 unspecified atom stereocenters. The standard InChI is InChI=1S/C14H21N3O4S/c1-10-3-2-4-12(9-10)22(20,21)17-13(14(18)16-19)11-5-7-15-8-6-11/h2-4,9,11,13,15,17,19H,5-8H2,1H3,(H,16,18). The fourth-order valence-corrected chi connectivity index (χ4v) is 4.00. The maximum absolute atomic E-state index is 12.5. The molecule has 1 aliphatic rings. The Balaban J connectivity index is 2.23. The third-order valence-corrected chi connectivity index (χ3v) is 5.27. The van der Waals surface area contributed by atoms with Crippen molar-refractivity contribution in [1.82, 2.24) is 15.5 Å². The molecule has 4 N–H and O–H groups in total. The van der Waals surface area contributed by atoms with E-state index in [2.05, 4.69) is 10.0 Å². The first-order valence-electron chi connectivity index (χ1n) is 7.17. The molecule has 0 spiro atoms. The highest BCUT2D eigenvalue weighted by Gasteiger charge is 2.33. The van der Waals surface area contributed by atoms with Crippen LogP contribution in [0, 0.1) is 12.8 Å². The summed E-state index contributed by atoms with van der Waals surface area (Å²) in [5, 5.41) is 12.1. The van der Waals surface area contributed by atoms with E-state index in [-0.39, 0.29) is 10.8 Å². The molecule has 7 nitrogen and oxygen atoms in total. The molecule has 1 aromatic rings. The summed E-state index contributed by atoms with van der Waals surface area (Å²) in [5.41, 5.74) is 2.37. The minimum atomic E-state index is -3.83. The first kappa shape index (κ1) is 16.9. The molecule has 1 amide bonds. The third kappa shape index (κ3) is 4.04. The average molecular weight is 327 g/mol. The Morgan fingerprint density at radius 3 is 2.64 bits per heavy atom. The molecular formula is C14H21N3O4S. The second kappa shape index (κ2) is 7.19. The summed E-state index contributed by atoms with van der Waals surface area (Å²) in [6.45, 7) is 3.22. The summed E-state index contributed by atoms with van der Waals surface area (Å²) >= 11 is 0. The Labute approximate surface area is 130 Å². The Morgan fingerprint density at radius 2 is 2.05 bits per heavy atom. The Bertz CT molecular complexity index is 627. The lowest BCUT2D eigenvalue weighted by Gasteiger charge is -2.29. The summed E-state index contributed by atoms with van der Waals surface area (Å²) in [6, 6.07) is 5.47. The van der Waals surface area contributed by atoms with Crippen LogP contribution in [0.3, 0.4) is 0 Å². The first-order chi connectivity index (χ1) is 10.4. The zero-order chi connectivity index (χ0) is 16.2. The molecule has 1 saturated heterocycles. The number of sulfonamides is 1. The van der Waals surface area contributed by atoms with Gasteiger partial charge in [0.2, 0.25) is 10.0 Å². The van der Waals surface area contributed by atoms with E-state index < -0.39 is 22.0 Å². The van der Waals surface area contributed by atoms with Gasteiger partial charge in [0.05, 0.1) is 4.90 Å². The number of piperidine rings is 1. The molecule has 22 heavy (non-hydrogen) atoms. The Hall–Kier alpha value is -1.48. The van der Waals surface area contributed by atoms with Crippen molar-refractivity contribution in [3.05, 3.63) is 29.8 Å². The average Bonchev–Trinajstić information content (AvgIpc) is 2.53. The number of hydrogen-bond acceptors (Lipinski definition) is 5. The molecule has 8 heteroatoms. The second-order valence-corrected chi connectivity index (χ2v) is 7.19. The maximum atomic E-state index is 12.5. The third-order valence-electron chi connectivity index (χ3n) is 3.83. The fourth-order valence-electron chi connectivity index (χ4n) is 2.63. The van der Waals surface area contributed by atoms with Crippen LogP contribution in [-0.4, -0.2) is 38.7 Å². The number of hydroxylamine groups is 1. The summed E-state index contributed by atoms with van der Waals surface area (Å²) in [6.07, 6.45) is 1.32. The van der Waals surface area contributed by atoms with Gasteiger partial charge < -0.3 is 5.32 Å². The number of hydrogen-bond donors (Lipinski definition) is 4. The van der Waals surface area contributed by atoms with E-state index in [1.54, 1.807) is 30.6 Å². The van der Waals surface area contributed by atoms with E-state index in [1.165, 1.54) is 6.07 Å². The predicted molar refractivity (Wildman–Crippen MR) is 80.8 cm³/mol. The van der Waals surface area contributed by atoms with Crippen molar-refractivity contribution in [2.45, 2.75) is 30.7 Å². The highest BCUT2D eigenvalue weighted by atomic mass is 32.2. The quantitative estimate of drug-likeness (QED) is 0.455. The molecule has 1 aromatic carbocycles. The highest BCUT2D eigenvalue weighted by Crippen LogP contribution is 2.19. The van der Waals surface area contributed by atoms with Gasteiger partial charge in [0, 0.05) is 0 Å². The van der Waals surface area contributed by atoms with Gasteiger partial charge in [0.25, 0.3) is 5.91 Å². The van der Waals surface area contributed by atoms with E-state index in [1.807, 2.05) is 0 Å². The van der Waals surface area contributed by atoms with Crippen LogP contribution in [0.5, 0.6) is 0 Å². The summed E-state index contributed by atoms with van der Waals surface area (Å²) in [7, 11) is -3.83. The molecule has 0 saturated carbocycles. The summed E-state index contributed by atoms with van der Waals surface area (Å²) in [4.78, 5) is 12.0. The number of carbonyl (C=O) groups is 1. The highest BCUT2D eigenvalue weighted by molar-refractivity contribution is 7.89. The van der Waals surface area contributed by atoms with Crippen molar-refractivity contribution in [3.8, 4) is 0 Å². The summed E-state index contributed by atoms with van der Waals surface area (Å²) < 4.78 is 27.4. The van der Waals surface area contributed by atoms with Crippen molar-refractivity contribution < 1.29 is 18.4 Å². The molecule has 2 rings (SSSR count). The second-order valence-electron chi connectivity index (χ2n) is 5.48. The van der Waals surface area contributed by atoms with Gasteiger partial charge in [-0.2, -0.15) is 4.72 Å². The Morgan fingerprint density at radius 1 is 1.36 bits per heavy atom. The van der Waals surface area contributed by atoms with E-state index in [9.17, 15) is 13.2 Å². The molecule has 0 aliphatic carbocycles. The normalized spacial score (nSPS) is 17.9. The number of rotatable bonds is 5. The molecule has 1 atom stereocenters.